The highest BCUT2D eigenvalue weighted by molar-refractivity contribution is 9.10. The first kappa shape index (κ1) is 17.4. The second kappa shape index (κ2) is 7.11. The summed E-state index contributed by atoms with van der Waals surface area (Å²) in [6.45, 7) is 10.9. The van der Waals surface area contributed by atoms with E-state index in [0.29, 0.717) is 12.1 Å². The molecule has 1 amide bonds. The molecule has 1 heterocycles. The minimum Gasteiger partial charge on any atom is -0.373 e. The first-order valence-electron chi connectivity index (χ1n) is 7.72. The average Bonchev–Trinajstić information content (AvgIpc) is 2.44. The second-order valence-electron chi connectivity index (χ2n) is 6.67. The maximum absolute atomic E-state index is 12.3. The van der Waals surface area contributed by atoms with Gasteiger partial charge in [0, 0.05) is 35.2 Å². The predicted molar refractivity (Wildman–Crippen MR) is 92.1 cm³/mol. The van der Waals surface area contributed by atoms with E-state index < -0.39 is 0 Å². The van der Waals surface area contributed by atoms with Crippen molar-refractivity contribution in [1.29, 1.82) is 0 Å². The van der Waals surface area contributed by atoms with Crippen molar-refractivity contribution in [3.63, 3.8) is 0 Å². The third-order valence-corrected chi connectivity index (χ3v) is 4.54. The molecule has 0 bridgehead atoms. The number of carbonyl (C=O) groups excluding carboxylic acids is 1. The van der Waals surface area contributed by atoms with Crippen LogP contribution in [0.5, 0.6) is 0 Å². The van der Waals surface area contributed by atoms with Gasteiger partial charge >= 0.3 is 0 Å². The highest BCUT2D eigenvalue weighted by Crippen LogP contribution is 2.21. The molecule has 1 fully saturated rings. The molecule has 0 saturated carbocycles. The molecule has 1 N–H and O–H groups in total. The maximum atomic E-state index is 12.3. The van der Waals surface area contributed by atoms with Crippen molar-refractivity contribution in [2.75, 3.05) is 19.6 Å². The lowest BCUT2D eigenvalue weighted by atomic mass is 10.00. The van der Waals surface area contributed by atoms with Crippen molar-refractivity contribution in [3.05, 3.63) is 34.3 Å². The highest BCUT2D eigenvalue weighted by atomic mass is 79.9. The quantitative estimate of drug-likeness (QED) is 0.887. The van der Waals surface area contributed by atoms with E-state index in [2.05, 4.69) is 53.8 Å². The molecule has 1 aromatic rings. The minimum atomic E-state index is -0.103. The Morgan fingerprint density at radius 3 is 2.59 bits per heavy atom. The Morgan fingerprint density at radius 2 is 2.00 bits per heavy atom. The van der Waals surface area contributed by atoms with Gasteiger partial charge in [-0.3, -0.25) is 9.69 Å². The zero-order valence-corrected chi connectivity index (χ0v) is 15.3. The number of halogens is 1. The molecule has 1 aromatic carbocycles. The van der Waals surface area contributed by atoms with Crippen molar-refractivity contribution in [1.82, 2.24) is 10.2 Å². The van der Waals surface area contributed by atoms with Gasteiger partial charge in [0.1, 0.15) is 0 Å². The van der Waals surface area contributed by atoms with E-state index in [-0.39, 0.29) is 23.7 Å². The predicted octanol–water partition coefficient (Wildman–Crippen LogP) is 3.07. The Hall–Kier alpha value is -0.910. The van der Waals surface area contributed by atoms with Crippen LogP contribution in [0, 0.1) is 0 Å². The van der Waals surface area contributed by atoms with Gasteiger partial charge < -0.3 is 10.1 Å². The van der Waals surface area contributed by atoms with Crippen LogP contribution in [0.3, 0.4) is 0 Å². The molecule has 0 aromatic heterocycles. The Morgan fingerprint density at radius 1 is 1.36 bits per heavy atom. The summed E-state index contributed by atoms with van der Waals surface area (Å²) in [6.07, 6.45) is 0.451. The van der Waals surface area contributed by atoms with Gasteiger partial charge in [0.05, 0.1) is 12.2 Å². The summed E-state index contributed by atoms with van der Waals surface area (Å²) in [5.41, 5.74) is 0.572. The van der Waals surface area contributed by atoms with Crippen LogP contribution in [0.4, 0.5) is 0 Å². The maximum Gasteiger partial charge on any atom is 0.251 e. The summed E-state index contributed by atoms with van der Waals surface area (Å²) < 4.78 is 6.70. The van der Waals surface area contributed by atoms with Crippen LogP contribution in [0.25, 0.3) is 0 Å². The SMILES string of the molecule is C[C@@H]1CN(C(C)(C)CNC(=O)c2cccc(Br)c2)C[C@H](C)O1. The van der Waals surface area contributed by atoms with Gasteiger partial charge in [-0.25, -0.2) is 0 Å². The Kier molecular flexibility index (Phi) is 5.64. The summed E-state index contributed by atoms with van der Waals surface area (Å²) in [6, 6.07) is 7.44. The van der Waals surface area contributed by atoms with Gasteiger partial charge in [0.15, 0.2) is 0 Å². The molecular formula is C17H25BrN2O2. The second-order valence-corrected chi connectivity index (χ2v) is 7.58. The van der Waals surface area contributed by atoms with Gasteiger partial charge in [-0.05, 0) is 45.9 Å². The van der Waals surface area contributed by atoms with Crippen molar-refractivity contribution >= 4 is 21.8 Å². The van der Waals surface area contributed by atoms with Crippen molar-refractivity contribution in [3.8, 4) is 0 Å². The van der Waals surface area contributed by atoms with Gasteiger partial charge in [0.2, 0.25) is 0 Å². The molecule has 4 nitrogen and oxygen atoms in total. The van der Waals surface area contributed by atoms with Gasteiger partial charge in [-0.1, -0.05) is 22.0 Å². The summed E-state index contributed by atoms with van der Waals surface area (Å²) in [5, 5.41) is 3.05. The number of rotatable bonds is 4. The molecule has 0 radical (unpaired) electrons. The number of morpholine rings is 1. The molecule has 122 valence electrons. The van der Waals surface area contributed by atoms with E-state index in [1.807, 2.05) is 24.3 Å². The third kappa shape index (κ3) is 4.54. The van der Waals surface area contributed by atoms with E-state index in [0.717, 1.165) is 17.6 Å². The number of ether oxygens (including phenoxy) is 1. The van der Waals surface area contributed by atoms with E-state index in [4.69, 9.17) is 4.74 Å². The molecule has 2 rings (SSSR count). The van der Waals surface area contributed by atoms with Crippen molar-refractivity contribution in [2.24, 2.45) is 0 Å². The largest absolute Gasteiger partial charge is 0.373 e. The topological polar surface area (TPSA) is 41.6 Å². The lowest BCUT2D eigenvalue weighted by Gasteiger charge is -2.45. The summed E-state index contributed by atoms with van der Waals surface area (Å²) in [5.74, 6) is -0.0382. The average molecular weight is 369 g/mol. The van der Waals surface area contributed by atoms with Gasteiger partial charge in [0.25, 0.3) is 5.91 Å². The third-order valence-electron chi connectivity index (χ3n) is 4.04. The van der Waals surface area contributed by atoms with Crippen LogP contribution in [0.2, 0.25) is 0 Å². The molecule has 0 spiro atoms. The number of benzene rings is 1. The zero-order valence-electron chi connectivity index (χ0n) is 13.7. The van der Waals surface area contributed by atoms with Gasteiger partial charge in [-0.15, -0.1) is 0 Å². The fourth-order valence-corrected chi connectivity index (χ4v) is 3.21. The Labute approximate surface area is 141 Å². The number of nitrogens with zero attached hydrogens (tertiary/aromatic N) is 1. The van der Waals surface area contributed by atoms with Crippen LogP contribution < -0.4 is 5.32 Å². The van der Waals surface area contributed by atoms with Crippen LogP contribution in [-0.2, 0) is 4.74 Å². The highest BCUT2D eigenvalue weighted by Gasteiger charge is 2.33. The molecule has 0 unspecified atom stereocenters. The lowest BCUT2D eigenvalue weighted by Crippen LogP contribution is -2.58. The first-order valence-corrected chi connectivity index (χ1v) is 8.51. The van der Waals surface area contributed by atoms with E-state index in [1.165, 1.54) is 0 Å². The van der Waals surface area contributed by atoms with Gasteiger partial charge in [-0.2, -0.15) is 0 Å². The summed E-state index contributed by atoms with van der Waals surface area (Å²) >= 11 is 3.39. The van der Waals surface area contributed by atoms with E-state index >= 15 is 0 Å². The van der Waals surface area contributed by atoms with Crippen molar-refractivity contribution < 1.29 is 9.53 Å². The monoisotopic (exact) mass is 368 g/mol. The molecule has 1 saturated heterocycles. The molecular weight excluding hydrogens is 344 g/mol. The number of amides is 1. The summed E-state index contributed by atoms with van der Waals surface area (Å²) in [4.78, 5) is 14.7. The molecule has 1 aliphatic rings. The zero-order chi connectivity index (χ0) is 16.3. The fraction of sp³-hybridized carbons (Fsp3) is 0.588. The number of hydrogen-bond donors (Lipinski definition) is 1. The van der Waals surface area contributed by atoms with E-state index in [1.54, 1.807) is 0 Å². The fourth-order valence-electron chi connectivity index (χ4n) is 2.81. The summed E-state index contributed by atoms with van der Waals surface area (Å²) in [7, 11) is 0. The van der Waals surface area contributed by atoms with Crippen molar-refractivity contribution in [2.45, 2.75) is 45.4 Å². The molecule has 22 heavy (non-hydrogen) atoms. The first-order chi connectivity index (χ1) is 10.3. The minimum absolute atomic E-state index is 0.0382. The van der Waals surface area contributed by atoms with Crippen LogP contribution in [-0.4, -0.2) is 48.2 Å². The molecule has 2 atom stereocenters. The number of hydrogen-bond acceptors (Lipinski definition) is 3. The molecule has 5 heteroatoms. The number of carbonyl (C=O) groups is 1. The Bertz CT molecular complexity index is 523. The normalized spacial score (nSPS) is 23.3. The van der Waals surface area contributed by atoms with Crippen LogP contribution in [0.1, 0.15) is 38.1 Å². The standard InChI is InChI=1S/C17H25BrN2O2/c1-12-9-20(10-13(2)22-12)17(3,4)11-19-16(21)14-6-5-7-15(18)8-14/h5-8,12-13H,9-11H2,1-4H3,(H,19,21)/t12-,13+. The lowest BCUT2D eigenvalue weighted by molar-refractivity contribution is -0.0948. The van der Waals surface area contributed by atoms with Crippen LogP contribution >= 0.6 is 15.9 Å². The number of nitrogens with one attached hydrogen (secondary N) is 1. The molecule has 0 aliphatic carbocycles. The van der Waals surface area contributed by atoms with E-state index in [9.17, 15) is 4.79 Å². The van der Waals surface area contributed by atoms with Crippen LogP contribution in [0.15, 0.2) is 28.7 Å². The molecule has 1 aliphatic heterocycles. The Balaban J connectivity index is 1.95. The smallest absolute Gasteiger partial charge is 0.251 e.